The number of aliphatic hydroxyl groups excluding tert-OH is 1. The number of thiophene rings is 2. The van der Waals surface area contributed by atoms with Crippen molar-refractivity contribution >= 4 is 34.5 Å². The van der Waals surface area contributed by atoms with E-state index in [1.807, 2.05) is 22.9 Å². The Bertz CT molecular complexity index is 608. The molecule has 2 aromatic rings. The normalized spacial score (nSPS) is 11.9. The number of rotatable bonds is 6. The molecule has 2 heterocycles. The van der Waals surface area contributed by atoms with E-state index in [9.17, 15) is 14.7 Å². The van der Waals surface area contributed by atoms with Crippen LogP contribution in [0.4, 0.5) is 0 Å². The number of aliphatic hydroxyl groups is 1. The fraction of sp³-hybridized carbons (Fsp3) is 0.286. The summed E-state index contributed by atoms with van der Waals surface area (Å²) in [6, 6.07) is 5.36. The van der Waals surface area contributed by atoms with Gasteiger partial charge in [-0.3, -0.25) is 9.59 Å². The molecule has 1 unspecified atom stereocenters. The van der Waals surface area contributed by atoms with Gasteiger partial charge < -0.3 is 15.7 Å². The van der Waals surface area contributed by atoms with Crippen LogP contribution in [0.15, 0.2) is 29.0 Å². The van der Waals surface area contributed by atoms with Gasteiger partial charge in [-0.2, -0.15) is 11.3 Å². The second-order valence-corrected chi connectivity index (χ2v) is 6.41. The van der Waals surface area contributed by atoms with Crippen molar-refractivity contribution in [2.75, 3.05) is 6.54 Å². The molecule has 2 amide bonds. The molecule has 3 N–H and O–H groups in total. The quantitative estimate of drug-likeness (QED) is 0.759. The van der Waals surface area contributed by atoms with Crippen LogP contribution in [0.2, 0.25) is 0 Å². The van der Waals surface area contributed by atoms with Gasteiger partial charge >= 0.3 is 0 Å². The van der Waals surface area contributed by atoms with Crippen molar-refractivity contribution in [1.29, 1.82) is 0 Å². The Morgan fingerprint density at radius 3 is 2.76 bits per heavy atom. The van der Waals surface area contributed by atoms with Crippen LogP contribution in [0, 0.1) is 0 Å². The lowest BCUT2D eigenvalue weighted by Crippen LogP contribution is -2.27. The molecule has 5 nitrogen and oxygen atoms in total. The van der Waals surface area contributed by atoms with Crippen LogP contribution in [0.5, 0.6) is 0 Å². The molecule has 0 radical (unpaired) electrons. The lowest BCUT2D eigenvalue weighted by molar-refractivity contribution is -0.119. The van der Waals surface area contributed by atoms with Gasteiger partial charge in [0.15, 0.2) is 0 Å². The zero-order valence-corrected chi connectivity index (χ0v) is 13.1. The maximum atomic E-state index is 12.0. The highest BCUT2D eigenvalue weighted by molar-refractivity contribution is 7.14. The molecule has 7 heteroatoms. The average molecular weight is 324 g/mol. The standard InChI is InChI=1S/C14H16N2O3S2/c1-9(17)15-6-11-2-3-13(21-11)14(19)16-7-12(18)10-4-5-20-8-10/h2-5,8,12,18H,6-7H2,1H3,(H,15,17)(H,16,19). The summed E-state index contributed by atoms with van der Waals surface area (Å²) < 4.78 is 0. The van der Waals surface area contributed by atoms with Crippen LogP contribution in [-0.4, -0.2) is 23.5 Å². The van der Waals surface area contributed by atoms with E-state index in [0.29, 0.717) is 11.4 Å². The number of hydrogen-bond donors (Lipinski definition) is 3. The molecule has 0 saturated heterocycles. The predicted octanol–water partition coefficient (Wildman–Crippen LogP) is 1.91. The van der Waals surface area contributed by atoms with Gasteiger partial charge in [0.2, 0.25) is 5.91 Å². The molecule has 0 aliphatic carbocycles. The van der Waals surface area contributed by atoms with Crippen LogP contribution < -0.4 is 10.6 Å². The van der Waals surface area contributed by atoms with Gasteiger partial charge in [0.05, 0.1) is 17.5 Å². The Morgan fingerprint density at radius 2 is 2.10 bits per heavy atom. The monoisotopic (exact) mass is 324 g/mol. The molecule has 0 aromatic carbocycles. The summed E-state index contributed by atoms with van der Waals surface area (Å²) in [5, 5.41) is 19.0. The Morgan fingerprint density at radius 1 is 1.29 bits per heavy atom. The molecule has 0 fully saturated rings. The maximum Gasteiger partial charge on any atom is 0.261 e. The molecule has 0 spiro atoms. The molecule has 0 saturated carbocycles. The minimum atomic E-state index is -0.695. The SMILES string of the molecule is CC(=O)NCc1ccc(C(=O)NCC(O)c2ccsc2)s1. The minimum Gasteiger partial charge on any atom is -0.387 e. The summed E-state index contributed by atoms with van der Waals surface area (Å²) in [4.78, 5) is 24.3. The van der Waals surface area contributed by atoms with E-state index in [1.165, 1.54) is 29.6 Å². The Balaban J connectivity index is 1.84. The van der Waals surface area contributed by atoms with E-state index in [4.69, 9.17) is 0 Å². The predicted molar refractivity (Wildman–Crippen MR) is 83.5 cm³/mol. The van der Waals surface area contributed by atoms with E-state index < -0.39 is 6.10 Å². The third-order valence-electron chi connectivity index (χ3n) is 2.78. The number of amides is 2. The summed E-state index contributed by atoms with van der Waals surface area (Å²) in [6.45, 7) is 2.05. The first kappa shape index (κ1) is 15.7. The van der Waals surface area contributed by atoms with Gasteiger partial charge in [-0.1, -0.05) is 0 Å². The highest BCUT2D eigenvalue weighted by Gasteiger charge is 2.13. The topological polar surface area (TPSA) is 78.4 Å². The van der Waals surface area contributed by atoms with Crippen LogP contribution in [0.1, 0.15) is 33.1 Å². The van der Waals surface area contributed by atoms with E-state index in [0.717, 1.165) is 10.4 Å². The van der Waals surface area contributed by atoms with Gasteiger partial charge in [0.25, 0.3) is 5.91 Å². The molecule has 1 atom stereocenters. The molecule has 0 aliphatic rings. The first-order chi connectivity index (χ1) is 10.1. The van der Waals surface area contributed by atoms with Crippen molar-refractivity contribution in [1.82, 2.24) is 10.6 Å². The first-order valence-corrected chi connectivity index (χ1v) is 8.13. The molecule has 0 bridgehead atoms. The summed E-state index contributed by atoms with van der Waals surface area (Å²) in [5.41, 5.74) is 0.804. The van der Waals surface area contributed by atoms with Gasteiger partial charge in [-0.15, -0.1) is 11.3 Å². The van der Waals surface area contributed by atoms with Crippen LogP contribution >= 0.6 is 22.7 Å². The summed E-state index contributed by atoms with van der Waals surface area (Å²) >= 11 is 2.83. The van der Waals surface area contributed by atoms with Crippen molar-refractivity contribution in [3.8, 4) is 0 Å². The van der Waals surface area contributed by atoms with Gasteiger partial charge in [0, 0.05) is 18.3 Å². The molecule has 2 aromatic heterocycles. The van der Waals surface area contributed by atoms with E-state index in [2.05, 4.69) is 10.6 Å². The Labute approximate surface area is 130 Å². The van der Waals surface area contributed by atoms with Gasteiger partial charge in [-0.05, 0) is 34.5 Å². The zero-order valence-electron chi connectivity index (χ0n) is 11.5. The Hall–Kier alpha value is -1.70. The van der Waals surface area contributed by atoms with Crippen molar-refractivity contribution in [3.63, 3.8) is 0 Å². The largest absolute Gasteiger partial charge is 0.387 e. The van der Waals surface area contributed by atoms with Crippen molar-refractivity contribution in [2.24, 2.45) is 0 Å². The number of nitrogens with one attached hydrogen (secondary N) is 2. The number of carbonyl (C=O) groups excluding carboxylic acids is 2. The average Bonchev–Trinajstić information content (AvgIpc) is 3.12. The van der Waals surface area contributed by atoms with Crippen molar-refractivity contribution < 1.29 is 14.7 Å². The maximum absolute atomic E-state index is 12.0. The van der Waals surface area contributed by atoms with E-state index in [-0.39, 0.29) is 18.4 Å². The zero-order chi connectivity index (χ0) is 15.2. The summed E-state index contributed by atoms with van der Waals surface area (Å²) in [5.74, 6) is -0.323. The highest BCUT2D eigenvalue weighted by atomic mass is 32.1. The lowest BCUT2D eigenvalue weighted by Gasteiger charge is -2.09. The van der Waals surface area contributed by atoms with Gasteiger partial charge in [0.1, 0.15) is 0 Å². The summed E-state index contributed by atoms with van der Waals surface area (Å²) in [6.07, 6.45) is -0.695. The fourth-order valence-electron chi connectivity index (χ4n) is 1.67. The smallest absolute Gasteiger partial charge is 0.261 e. The second-order valence-electron chi connectivity index (χ2n) is 4.46. The second kappa shape index (κ2) is 7.35. The summed E-state index contributed by atoms with van der Waals surface area (Å²) in [7, 11) is 0. The molecular formula is C14H16N2O3S2. The minimum absolute atomic E-state index is 0.103. The van der Waals surface area contributed by atoms with Crippen molar-refractivity contribution in [2.45, 2.75) is 19.6 Å². The third-order valence-corrected chi connectivity index (χ3v) is 4.57. The highest BCUT2D eigenvalue weighted by Crippen LogP contribution is 2.18. The number of hydrogen-bond acceptors (Lipinski definition) is 5. The van der Waals surface area contributed by atoms with Crippen molar-refractivity contribution in [3.05, 3.63) is 44.3 Å². The molecule has 0 aliphatic heterocycles. The van der Waals surface area contributed by atoms with E-state index in [1.54, 1.807) is 6.07 Å². The van der Waals surface area contributed by atoms with Crippen LogP contribution in [-0.2, 0) is 11.3 Å². The fourth-order valence-corrected chi connectivity index (χ4v) is 3.24. The molecule has 2 rings (SSSR count). The van der Waals surface area contributed by atoms with E-state index >= 15 is 0 Å². The lowest BCUT2D eigenvalue weighted by atomic mass is 10.2. The molecule has 21 heavy (non-hydrogen) atoms. The molecule has 112 valence electrons. The third kappa shape index (κ3) is 4.66. The number of carbonyl (C=O) groups is 2. The molecular weight excluding hydrogens is 308 g/mol. The Kier molecular flexibility index (Phi) is 5.49. The van der Waals surface area contributed by atoms with Crippen LogP contribution in [0.25, 0.3) is 0 Å². The van der Waals surface area contributed by atoms with Crippen LogP contribution in [0.3, 0.4) is 0 Å². The van der Waals surface area contributed by atoms with Gasteiger partial charge in [-0.25, -0.2) is 0 Å². The first-order valence-electron chi connectivity index (χ1n) is 6.38.